The molecule has 0 spiro atoms. The summed E-state index contributed by atoms with van der Waals surface area (Å²) in [6.07, 6.45) is 0.780. The summed E-state index contributed by atoms with van der Waals surface area (Å²) in [6, 6.07) is 9.60. The van der Waals surface area contributed by atoms with E-state index in [1.807, 2.05) is 31.2 Å². The van der Waals surface area contributed by atoms with Gasteiger partial charge in [0, 0.05) is 16.1 Å². The van der Waals surface area contributed by atoms with E-state index in [9.17, 15) is 0 Å². The van der Waals surface area contributed by atoms with Crippen LogP contribution in [0.4, 0.5) is 0 Å². The lowest BCUT2D eigenvalue weighted by Crippen LogP contribution is -1.96. The predicted molar refractivity (Wildman–Crippen MR) is 78.3 cm³/mol. The Labute approximate surface area is 122 Å². The maximum atomic E-state index is 5.70. The average Bonchev–Trinajstić information content (AvgIpc) is 2.28. The van der Waals surface area contributed by atoms with Gasteiger partial charge in [-0.2, -0.15) is 4.98 Å². The van der Waals surface area contributed by atoms with Gasteiger partial charge in [-0.15, -0.1) is 0 Å². The molecule has 1 aromatic heterocycles. The molecule has 0 aliphatic carbocycles. The second kappa shape index (κ2) is 5.77. The summed E-state index contributed by atoms with van der Waals surface area (Å²) >= 11 is 5.60. The van der Waals surface area contributed by atoms with Crippen molar-refractivity contribution in [2.75, 3.05) is 0 Å². The Morgan fingerprint density at radius 3 is 2.82 bits per heavy atom. The van der Waals surface area contributed by atoms with Crippen LogP contribution in [0, 0.1) is 3.57 Å². The van der Waals surface area contributed by atoms with Crippen LogP contribution in [0.3, 0.4) is 0 Å². The Morgan fingerprint density at radius 1 is 1.29 bits per heavy atom. The molecule has 0 unspecified atom stereocenters. The van der Waals surface area contributed by atoms with Gasteiger partial charge in [0.05, 0.1) is 0 Å². The fourth-order valence-electron chi connectivity index (χ4n) is 1.30. The summed E-state index contributed by atoms with van der Waals surface area (Å²) < 4.78 is 7.57. The molecular formula is C12H10BrIN2O. The van der Waals surface area contributed by atoms with Crippen molar-refractivity contribution >= 4 is 38.5 Å². The number of aromatic nitrogens is 2. The fourth-order valence-corrected chi connectivity index (χ4v) is 2.22. The number of benzene rings is 1. The highest BCUT2D eigenvalue weighted by molar-refractivity contribution is 14.1. The van der Waals surface area contributed by atoms with Crippen LogP contribution in [0.1, 0.15) is 12.7 Å². The molecule has 3 nitrogen and oxygen atoms in total. The van der Waals surface area contributed by atoms with E-state index in [-0.39, 0.29) is 0 Å². The Morgan fingerprint density at radius 2 is 2.12 bits per heavy atom. The van der Waals surface area contributed by atoms with Gasteiger partial charge in [0.2, 0.25) is 5.88 Å². The third-order valence-electron chi connectivity index (χ3n) is 2.05. The van der Waals surface area contributed by atoms with Gasteiger partial charge in [-0.25, -0.2) is 4.98 Å². The largest absolute Gasteiger partial charge is 0.439 e. The van der Waals surface area contributed by atoms with E-state index < -0.39 is 0 Å². The van der Waals surface area contributed by atoms with Crippen LogP contribution in [0.25, 0.3) is 0 Å². The number of aryl methyl sites for hydroxylation is 1. The number of nitrogens with zero attached hydrogens (tertiary/aromatic N) is 2. The van der Waals surface area contributed by atoms with Gasteiger partial charge in [-0.05, 0) is 56.7 Å². The van der Waals surface area contributed by atoms with Crippen molar-refractivity contribution in [3.8, 4) is 11.6 Å². The SMILES string of the molecule is CCc1nc(Br)cc(Oc2cccc(I)c2)n1. The summed E-state index contributed by atoms with van der Waals surface area (Å²) in [5.41, 5.74) is 0. The van der Waals surface area contributed by atoms with Gasteiger partial charge in [-0.1, -0.05) is 13.0 Å². The highest BCUT2D eigenvalue weighted by Gasteiger charge is 2.04. The Balaban J connectivity index is 2.26. The lowest BCUT2D eigenvalue weighted by atomic mass is 10.3. The maximum absolute atomic E-state index is 5.70. The Hall–Kier alpha value is -0.690. The van der Waals surface area contributed by atoms with Crippen molar-refractivity contribution in [2.24, 2.45) is 0 Å². The first kappa shape index (κ1) is 12.8. The van der Waals surface area contributed by atoms with Crippen molar-refractivity contribution in [2.45, 2.75) is 13.3 Å². The molecule has 0 fully saturated rings. The van der Waals surface area contributed by atoms with Crippen molar-refractivity contribution < 1.29 is 4.74 Å². The highest BCUT2D eigenvalue weighted by Crippen LogP contribution is 2.23. The molecule has 1 aromatic carbocycles. The Kier molecular flexibility index (Phi) is 4.33. The zero-order valence-electron chi connectivity index (χ0n) is 9.15. The van der Waals surface area contributed by atoms with Crippen molar-refractivity contribution in [1.29, 1.82) is 0 Å². The third kappa shape index (κ3) is 3.64. The molecule has 0 amide bonds. The second-order valence-corrected chi connectivity index (χ2v) is 5.42. The quantitative estimate of drug-likeness (QED) is 0.568. The average molecular weight is 405 g/mol. The molecule has 88 valence electrons. The first-order chi connectivity index (χ1) is 8.17. The lowest BCUT2D eigenvalue weighted by Gasteiger charge is -2.06. The van der Waals surface area contributed by atoms with Crippen LogP contribution in [0.15, 0.2) is 34.9 Å². The summed E-state index contributed by atoms with van der Waals surface area (Å²) in [5, 5.41) is 0. The van der Waals surface area contributed by atoms with E-state index in [0.717, 1.165) is 26.2 Å². The van der Waals surface area contributed by atoms with E-state index in [0.29, 0.717) is 5.88 Å². The van der Waals surface area contributed by atoms with Gasteiger partial charge < -0.3 is 4.74 Å². The van der Waals surface area contributed by atoms with Gasteiger partial charge in [-0.3, -0.25) is 0 Å². The summed E-state index contributed by atoms with van der Waals surface area (Å²) in [5.74, 6) is 2.11. The molecule has 1 heterocycles. The van der Waals surface area contributed by atoms with E-state index in [1.54, 1.807) is 6.07 Å². The van der Waals surface area contributed by atoms with E-state index in [4.69, 9.17) is 4.74 Å². The molecular weight excluding hydrogens is 395 g/mol. The summed E-state index contributed by atoms with van der Waals surface area (Å²) in [7, 11) is 0. The molecule has 0 saturated heterocycles. The monoisotopic (exact) mass is 404 g/mol. The number of hydrogen-bond donors (Lipinski definition) is 0. The number of hydrogen-bond acceptors (Lipinski definition) is 3. The number of halogens is 2. The molecule has 17 heavy (non-hydrogen) atoms. The van der Waals surface area contributed by atoms with Crippen molar-refractivity contribution in [3.05, 3.63) is 44.3 Å². The van der Waals surface area contributed by atoms with Crippen LogP contribution in [-0.4, -0.2) is 9.97 Å². The fraction of sp³-hybridized carbons (Fsp3) is 0.167. The van der Waals surface area contributed by atoms with Crippen LogP contribution in [0.2, 0.25) is 0 Å². The van der Waals surface area contributed by atoms with Crippen molar-refractivity contribution in [1.82, 2.24) is 9.97 Å². The first-order valence-corrected chi connectivity index (χ1v) is 7.01. The van der Waals surface area contributed by atoms with Crippen LogP contribution >= 0.6 is 38.5 Å². The summed E-state index contributed by atoms with van der Waals surface area (Å²) in [4.78, 5) is 8.55. The van der Waals surface area contributed by atoms with Crippen LogP contribution in [0.5, 0.6) is 11.6 Å². The van der Waals surface area contributed by atoms with Crippen LogP contribution in [-0.2, 0) is 6.42 Å². The molecule has 0 bridgehead atoms. The minimum absolute atomic E-state index is 0.561. The Bertz CT molecular complexity index is 534. The molecule has 0 atom stereocenters. The molecule has 2 aromatic rings. The van der Waals surface area contributed by atoms with E-state index in [1.165, 1.54) is 0 Å². The van der Waals surface area contributed by atoms with Crippen molar-refractivity contribution in [3.63, 3.8) is 0 Å². The molecule has 0 aliphatic rings. The molecule has 0 aliphatic heterocycles. The zero-order chi connectivity index (χ0) is 12.3. The molecule has 0 radical (unpaired) electrons. The normalized spacial score (nSPS) is 10.3. The molecule has 2 rings (SSSR count). The lowest BCUT2D eigenvalue weighted by molar-refractivity contribution is 0.457. The molecule has 0 saturated carbocycles. The van der Waals surface area contributed by atoms with Crippen LogP contribution < -0.4 is 4.74 Å². The zero-order valence-corrected chi connectivity index (χ0v) is 12.9. The highest BCUT2D eigenvalue weighted by atomic mass is 127. The standard InChI is InChI=1S/C12H10BrIN2O/c1-2-11-15-10(13)7-12(16-11)17-9-5-3-4-8(14)6-9/h3-7H,2H2,1H3. The van der Waals surface area contributed by atoms with E-state index in [2.05, 4.69) is 48.5 Å². The predicted octanol–water partition coefficient (Wildman–Crippen LogP) is 4.20. The number of ether oxygens (including phenoxy) is 1. The third-order valence-corrected chi connectivity index (χ3v) is 3.13. The molecule has 0 N–H and O–H groups in total. The first-order valence-electron chi connectivity index (χ1n) is 5.14. The second-order valence-electron chi connectivity index (χ2n) is 3.36. The van der Waals surface area contributed by atoms with E-state index >= 15 is 0 Å². The van der Waals surface area contributed by atoms with Gasteiger partial charge in [0.25, 0.3) is 0 Å². The summed E-state index contributed by atoms with van der Waals surface area (Å²) in [6.45, 7) is 2.01. The minimum atomic E-state index is 0.561. The van der Waals surface area contributed by atoms with Gasteiger partial charge in [0.15, 0.2) is 0 Å². The van der Waals surface area contributed by atoms with Gasteiger partial charge >= 0.3 is 0 Å². The van der Waals surface area contributed by atoms with Gasteiger partial charge in [0.1, 0.15) is 16.2 Å². The topological polar surface area (TPSA) is 35.0 Å². The maximum Gasteiger partial charge on any atom is 0.223 e. The minimum Gasteiger partial charge on any atom is -0.439 e. The number of rotatable bonds is 3. The smallest absolute Gasteiger partial charge is 0.223 e. The molecule has 5 heteroatoms.